The van der Waals surface area contributed by atoms with Crippen LogP contribution in [0.1, 0.15) is 20.3 Å². The molecule has 5 heteroatoms. The van der Waals surface area contributed by atoms with Crippen molar-refractivity contribution in [3.63, 3.8) is 0 Å². The van der Waals surface area contributed by atoms with E-state index in [1.165, 1.54) is 0 Å². The topological polar surface area (TPSA) is 16.1 Å². The Hall–Kier alpha value is -0.180. The summed E-state index contributed by atoms with van der Waals surface area (Å²) in [6.45, 7) is 4.20. The molecule has 1 aromatic heterocycles. The molecule has 0 saturated carbocycles. The maximum atomic E-state index is 6.05. The molecule has 0 amide bonds. The SMILES string of the molecule is CCC(C)N(C)c1nc(Cl)c(Cl)cc1Cl. The summed E-state index contributed by atoms with van der Waals surface area (Å²) in [7, 11) is 1.94. The van der Waals surface area contributed by atoms with Gasteiger partial charge in [0.1, 0.15) is 11.0 Å². The van der Waals surface area contributed by atoms with Gasteiger partial charge in [-0.1, -0.05) is 41.7 Å². The molecule has 0 aliphatic rings. The van der Waals surface area contributed by atoms with Gasteiger partial charge in [-0.3, -0.25) is 0 Å². The van der Waals surface area contributed by atoms with Crippen LogP contribution in [0, 0.1) is 0 Å². The zero-order chi connectivity index (χ0) is 11.6. The van der Waals surface area contributed by atoms with Crippen LogP contribution in [0.25, 0.3) is 0 Å². The molecule has 84 valence electrons. The fourth-order valence-electron chi connectivity index (χ4n) is 1.17. The van der Waals surface area contributed by atoms with Gasteiger partial charge in [0.25, 0.3) is 0 Å². The number of pyridine rings is 1. The molecule has 0 aromatic carbocycles. The summed E-state index contributed by atoms with van der Waals surface area (Å²) in [5, 5.41) is 1.18. The van der Waals surface area contributed by atoms with Gasteiger partial charge in [0.2, 0.25) is 0 Å². The highest BCUT2D eigenvalue weighted by Crippen LogP contribution is 2.31. The molecule has 0 aliphatic heterocycles. The van der Waals surface area contributed by atoms with Crippen LogP contribution in [0.2, 0.25) is 15.2 Å². The third-order valence-electron chi connectivity index (χ3n) is 2.45. The molecule has 1 aromatic rings. The molecule has 0 N–H and O–H groups in total. The van der Waals surface area contributed by atoms with Gasteiger partial charge < -0.3 is 4.90 Å². The molecule has 1 atom stereocenters. The smallest absolute Gasteiger partial charge is 0.150 e. The van der Waals surface area contributed by atoms with E-state index < -0.39 is 0 Å². The fraction of sp³-hybridized carbons (Fsp3) is 0.500. The monoisotopic (exact) mass is 266 g/mol. The van der Waals surface area contributed by atoms with Crippen molar-refractivity contribution >= 4 is 40.6 Å². The first-order chi connectivity index (χ1) is 6.97. The van der Waals surface area contributed by atoms with Crippen LogP contribution in [-0.2, 0) is 0 Å². The van der Waals surface area contributed by atoms with E-state index in [1.807, 2.05) is 11.9 Å². The van der Waals surface area contributed by atoms with E-state index in [4.69, 9.17) is 34.8 Å². The number of hydrogen-bond acceptors (Lipinski definition) is 2. The molecule has 0 saturated heterocycles. The lowest BCUT2D eigenvalue weighted by Gasteiger charge is -2.25. The maximum absolute atomic E-state index is 6.05. The molecule has 0 spiro atoms. The first-order valence-electron chi connectivity index (χ1n) is 4.71. The molecule has 15 heavy (non-hydrogen) atoms. The van der Waals surface area contributed by atoms with Gasteiger partial charge in [0.05, 0.1) is 10.0 Å². The number of nitrogens with zero attached hydrogens (tertiary/aromatic N) is 2. The van der Waals surface area contributed by atoms with Crippen molar-refractivity contribution in [2.75, 3.05) is 11.9 Å². The van der Waals surface area contributed by atoms with Crippen LogP contribution in [0.4, 0.5) is 5.82 Å². The number of aromatic nitrogens is 1. The standard InChI is InChI=1S/C10H13Cl3N2/c1-4-6(2)15(3)10-8(12)5-7(11)9(13)14-10/h5-6H,4H2,1-3H3. The van der Waals surface area contributed by atoms with E-state index in [-0.39, 0.29) is 5.15 Å². The van der Waals surface area contributed by atoms with Gasteiger partial charge in [-0.05, 0) is 19.4 Å². The van der Waals surface area contributed by atoms with Gasteiger partial charge in [0.15, 0.2) is 0 Å². The number of anilines is 1. The van der Waals surface area contributed by atoms with E-state index in [2.05, 4.69) is 18.8 Å². The molecular weight excluding hydrogens is 254 g/mol. The second-order valence-corrected chi connectivity index (χ2v) is 4.61. The first-order valence-corrected chi connectivity index (χ1v) is 5.85. The largest absolute Gasteiger partial charge is 0.356 e. The lowest BCUT2D eigenvalue weighted by molar-refractivity contribution is 0.657. The molecule has 0 radical (unpaired) electrons. The molecule has 0 fully saturated rings. The average molecular weight is 268 g/mol. The molecule has 2 nitrogen and oxygen atoms in total. The summed E-state index contributed by atoms with van der Waals surface area (Å²) in [6, 6.07) is 1.97. The Kier molecular flexibility index (Phi) is 4.50. The third kappa shape index (κ3) is 2.90. The minimum absolute atomic E-state index is 0.284. The van der Waals surface area contributed by atoms with Crippen LogP contribution >= 0.6 is 34.8 Å². The number of hydrogen-bond donors (Lipinski definition) is 0. The van der Waals surface area contributed by atoms with E-state index in [0.717, 1.165) is 6.42 Å². The van der Waals surface area contributed by atoms with Crippen LogP contribution < -0.4 is 4.90 Å². The lowest BCUT2D eigenvalue weighted by Crippen LogP contribution is -2.29. The van der Waals surface area contributed by atoms with Crippen molar-refractivity contribution < 1.29 is 0 Å². The van der Waals surface area contributed by atoms with Crippen LogP contribution in [0.15, 0.2) is 6.07 Å². The summed E-state index contributed by atoms with van der Waals surface area (Å²) in [5.74, 6) is 0.667. The highest BCUT2D eigenvalue weighted by atomic mass is 35.5. The van der Waals surface area contributed by atoms with Crippen molar-refractivity contribution in [2.45, 2.75) is 26.3 Å². The van der Waals surface area contributed by atoms with Crippen molar-refractivity contribution in [3.8, 4) is 0 Å². The summed E-state index contributed by atoms with van der Waals surface area (Å²) in [5.41, 5.74) is 0. The van der Waals surface area contributed by atoms with Crippen LogP contribution in [-0.4, -0.2) is 18.1 Å². The Morgan fingerprint density at radius 2 is 1.93 bits per heavy atom. The Bertz CT molecular complexity index is 355. The van der Waals surface area contributed by atoms with Crippen molar-refractivity contribution in [1.82, 2.24) is 4.98 Å². The van der Waals surface area contributed by atoms with Crippen LogP contribution in [0.5, 0.6) is 0 Å². The van der Waals surface area contributed by atoms with E-state index >= 15 is 0 Å². The van der Waals surface area contributed by atoms with E-state index in [1.54, 1.807) is 6.07 Å². The Balaban J connectivity index is 3.09. The number of halogens is 3. The molecule has 1 unspecified atom stereocenters. The Morgan fingerprint density at radius 3 is 2.47 bits per heavy atom. The number of rotatable bonds is 3. The summed E-state index contributed by atoms with van der Waals surface area (Å²) < 4.78 is 0. The predicted octanol–water partition coefficient (Wildman–Crippen LogP) is 4.28. The summed E-state index contributed by atoms with van der Waals surface area (Å²) >= 11 is 17.7. The van der Waals surface area contributed by atoms with E-state index in [0.29, 0.717) is 21.9 Å². The lowest BCUT2D eigenvalue weighted by atomic mass is 10.2. The minimum Gasteiger partial charge on any atom is -0.356 e. The Labute approximate surface area is 105 Å². The third-order valence-corrected chi connectivity index (χ3v) is 3.41. The quantitative estimate of drug-likeness (QED) is 0.760. The molecule has 1 heterocycles. The van der Waals surface area contributed by atoms with Gasteiger partial charge in [-0.25, -0.2) is 4.98 Å². The zero-order valence-corrected chi connectivity index (χ0v) is 11.2. The predicted molar refractivity (Wildman–Crippen MR) is 67.4 cm³/mol. The highest BCUT2D eigenvalue weighted by Gasteiger charge is 2.15. The fourth-order valence-corrected chi connectivity index (χ4v) is 1.79. The van der Waals surface area contributed by atoms with Gasteiger partial charge in [0, 0.05) is 13.1 Å². The molecule has 0 bridgehead atoms. The highest BCUT2D eigenvalue weighted by molar-refractivity contribution is 6.42. The zero-order valence-electron chi connectivity index (χ0n) is 8.89. The average Bonchev–Trinajstić information content (AvgIpc) is 2.21. The van der Waals surface area contributed by atoms with Crippen molar-refractivity contribution in [1.29, 1.82) is 0 Å². The Morgan fingerprint density at radius 1 is 1.33 bits per heavy atom. The second kappa shape index (κ2) is 5.24. The van der Waals surface area contributed by atoms with E-state index in [9.17, 15) is 0 Å². The van der Waals surface area contributed by atoms with Gasteiger partial charge >= 0.3 is 0 Å². The molecule has 0 aliphatic carbocycles. The van der Waals surface area contributed by atoms with Gasteiger partial charge in [-0.2, -0.15) is 0 Å². The summed E-state index contributed by atoms with van der Waals surface area (Å²) in [6.07, 6.45) is 1.01. The maximum Gasteiger partial charge on any atom is 0.150 e. The molecular formula is C10H13Cl3N2. The molecule has 1 rings (SSSR count). The first kappa shape index (κ1) is 12.9. The van der Waals surface area contributed by atoms with Gasteiger partial charge in [-0.15, -0.1) is 0 Å². The normalized spacial score (nSPS) is 12.7. The second-order valence-electron chi connectivity index (χ2n) is 3.43. The van der Waals surface area contributed by atoms with Crippen LogP contribution in [0.3, 0.4) is 0 Å². The van der Waals surface area contributed by atoms with Crippen molar-refractivity contribution in [2.24, 2.45) is 0 Å². The summed E-state index contributed by atoms with van der Waals surface area (Å²) in [4.78, 5) is 6.16. The van der Waals surface area contributed by atoms with Crippen molar-refractivity contribution in [3.05, 3.63) is 21.3 Å². The minimum atomic E-state index is 0.284.